The van der Waals surface area contributed by atoms with E-state index in [1.165, 1.54) is 12.1 Å². The van der Waals surface area contributed by atoms with Crippen LogP contribution in [-0.2, 0) is 6.42 Å². The van der Waals surface area contributed by atoms with Crippen LogP contribution in [0.25, 0.3) is 16.9 Å². The average Bonchev–Trinajstić information content (AvgIpc) is 3.07. The molecular weight excluding hydrogens is 283 g/mol. The maximum atomic E-state index is 13.6. The van der Waals surface area contributed by atoms with E-state index in [-0.39, 0.29) is 5.82 Å². The van der Waals surface area contributed by atoms with Crippen molar-refractivity contribution >= 4 is 10.9 Å². The van der Waals surface area contributed by atoms with Gasteiger partial charge >= 0.3 is 0 Å². The summed E-state index contributed by atoms with van der Waals surface area (Å²) in [6.45, 7) is 4.23. The summed E-state index contributed by atoms with van der Waals surface area (Å²) in [7, 11) is 0. The van der Waals surface area contributed by atoms with Crippen LogP contribution < -0.4 is 0 Å². The molecule has 0 atom stereocenters. The quantitative estimate of drug-likeness (QED) is 0.741. The highest BCUT2D eigenvalue weighted by Crippen LogP contribution is 2.40. The number of hydrogen-bond acceptors (Lipinski definition) is 4. The van der Waals surface area contributed by atoms with Crippen molar-refractivity contribution in [2.45, 2.75) is 39.0 Å². The van der Waals surface area contributed by atoms with Crippen LogP contribution in [0, 0.1) is 11.7 Å². The number of nitrogens with zero attached hydrogens (tertiary/aromatic N) is 4. The Bertz CT molecular complexity index is 832. The fourth-order valence-corrected chi connectivity index (χ4v) is 3.15. The van der Waals surface area contributed by atoms with Gasteiger partial charge in [-0.15, -0.1) is 0 Å². The van der Waals surface area contributed by atoms with Gasteiger partial charge in [-0.3, -0.25) is 0 Å². The second kappa shape index (κ2) is 4.90. The highest BCUT2D eigenvalue weighted by atomic mass is 19.1. The van der Waals surface area contributed by atoms with Crippen LogP contribution in [0.1, 0.15) is 44.2 Å². The lowest BCUT2D eigenvalue weighted by Gasteiger charge is -2.29. The molecule has 0 aliphatic heterocycles. The van der Waals surface area contributed by atoms with Crippen molar-refractivity contribution < 1.29 is 8.91 Å². The van der Waals surface area contributed by atoms with Gasteiger partial charge in [-0.25, -0.2) is 4.39 Å². The van der Waals surface area contributed by atoms with Crippen LogP contribution in [0.5, 0.6) is 0 Å². The van der Waals surface area contributed by atoms with Crippen molar-refractivity contribution in [3.8, 4) is 5.95 Å². The summed E-state index contributed by atoms with van der Waals surface area (Å²) in [6, 6.07) is 4.66. The predicted octanol–water partition coefficient (Wildman–Crippen LogP) is 3.62. The molecule has 2 heterocycles. The Labute approximate surface area is 127 Å². The summed E-state index contributed by atoms with van der Waals surface area (Å²) in [5.74, 6) is 1.80. The normalized spacial score (nSPS) is 21.2. The molecule has 1 aliphatic rings. The molecule has 1 saturated carbocycles. The molecule has 0 bridgehead atoms. The van der Waals surface area contributed by atoms with E-state index in [1.54, 1.807) is 10.7 Å². The maximum absolute atomic E-state index is 13.6. The summed E-state index contributed by atoms with van der Waals surface area (Å²) in [6.07, 6.45) is 2.92. The fourth-order valence-electron chi connectivity index (χ4n) is 3.15. The van der Waals surface area contributed by atoms with Crippen molar-refractivity contribution in [1.29, 1.82) is 0 Å². The minimum absolute atomic E-state index is 0.298. The third-order valence-corrected chi connectivity index (χ3v) is 4.40. The van der Waals surface area contributed by atoms with Gasteiger partial charge in [-0.1, -0.05) is 13.8 Å². The molecule has 0 spiro atoms. The maximum Gasteiger partial charge on any atom is 0.291 e. The molecule has 6 heteroatoms. The Morgan fingerprint density at radius 2 is 2.18 bits per heavy atom. The van der Waals surface area contributed by atoms with E-state index in [1.807, 2.05) is 6.92 Å². The molecule has 22 heavy (non-hydrogen) atoms. The van der Waals surface area contributed by atoms with Crippen molar-refractivity contribution in [2.75, 3.05) is 0 Å². The Morgan fingerprint density at radius 1 is 1.36 bits per heavy atom. The molecule has 1 aromatic carbocycles. The third-order valence-electron chi connectivity index (χ3n) is 4.40. The lowest BCUT2D eigenvalue weighted by Crippen LogP contribution is -2.19. The van der Waals surface area contributed by atoms with Gasteiger partial charge in [-0.2, -0.15) is 14.8 Å². The number of benzene rings is 1. The first-order valence-electron chi connectivity index (χ1n) is 7.67. The van der Waals surface area contributed by atoms with Crippen molar-refractivity contribution in [3.63, 3.8) is 0 Å². The van der Waals surface area contributed by atoms with Gasteiger partial charge in [0.15, 0.2) is 0 Å². The van der Waals surface area contributed by atoms with Crippen LogP contribution in [0.4, 0.5) is 4.39 Å². The highest BCUT2D eigenvalue weighted by molar-refractivity contribution is 5.83. The summed E-state index contributed by atoms with van der Waals surface area (Å²) in [5, 5.41) is 9.47. The third kappa shape index (κ3) is 2.01. The van der Waals surface area contributed by atoms with Crippen LogP contribution in [-0.4, -0.2) is 19.9 Å². The van der Waals surface area contributed by atoms with Crippen molar-refractivity contribution in [1.82, 2.24) is 19.9 Å². The van der Waals surface area contributed by atoms with Crippen LogP contribution in [0.15, 0.2) is 22.7 Å². The Hall–Kier alpha value is -2.24. The zero-order valence-corrected chi connectivity index (χ0v) is 12.6. The van der Waals surface area contributed by atoms with Crippen molar-refractivity contribution in [2.24, 2.45) is 5.92 Å². The molecule has 114 valence electrons. The molecule has 0 radical (unpaired) electrons. The Balaban J connectivity index is 1.79. The second-order valence-electron chi connectivity index (χ2n) is 6.08. The minimum atomic E-state index is -0.298. The van der Waals surface area contributed by atoms with E-state index in [0.717, 1.165) is 30.3 Å². The lowest BCUT2D eigenvalue weighted by atomic mass is 9.76. The zero-order valence-electron chi connectivity index (χ0n) is 12.6. The number of rotatable bonds is 3. The Morgan fingerprint density at radius 3 is 2.91 bits per heavy atom. The first-order valence-corrected chi connectivity index (χ1v) is 7.67. The summed E-state index contributed by atoms with van der Waals surface area (Å²) >= 11 is 0. The second-order valence-corrected chi connectivity index (χ2v) is 6.08. The summed E-state index contributed by atoms with van der Waals surface area (Å²) in [4.78, 5) is 4.46. The molecule has 1 fully saturated rings. The molecule has 0 amide bonds. The fraction of sp³-hybridized carbons (Fsp3) is 0.438. The number of fused-ring (bicyclic) bond motifs is 1. The number of aromatic nitrogens is 4. The van der Waals surface area contributed by atoms with Gasteiger partial charge in [0.25, 0.3) is 5.95 Å². The first kappa shape index (κ1) is 13.4. The molecular formula is C16H17FN4O. The SMILES string of the molecule is CCc1nn(-c2noc([C@H]3C[C@@H](C)C3)n2)c2cc(F)ccc12. The molecule has 0 N–H and O–H groups in total. The molecule has 5 nitrogen and oxygen atoms in total. The van der Waals surface area contributed by atoms with E-state index in [2.05, 4.69) is 22.2 Å². The molecule has 4 rings (SSSR count). The average molecular weight is 300 g/mol. The van der Waals surface area contributed by atoms with Gasteiger partial charge in [0.2, 0.25) is 5.89 Å². The molecule has 0 unspecified atom stereocenters. The van der Waals surface area contributed by atoms with Crippen molar-refractivity contribution in [3.05, 3.63) is 35.6 Å². The topological polar surface area (TPSA) is 56.7 Å². The number of halogens is 1. The van der Waals surface area contributed by atoms with E-state index >= 15 is 0 Å². The summed E-state index contributed by atoms with van der Waals surface area (Å²) < 4.78 is 20.5. The predicted molar refractivity (Wildman–Crippen MR) is 79.4 cm³/mol. The number of hydrogen-bond donors (Lipinski definition) is 0. The Kier molecular flexibility index (Phi) is 2.99. The standard InChI is InChI=1S/C16H17FN4O/c1-3-13-12-5-4-11(17)8-14(12)21(19-13)16-18-15(22-20-16)10-6-9(2)7-10/h4-5,8-10H,3,6-7H2,1-2H3/t9-,10+. The molecule has 1 aliphatic carbocycles. The van der Waals surface area contributed by atoms with Gasteiger partial charge < -0.3 is 4.52 Å². The lowest BCUT2D eigenvalue weighted by molar-refractivity contribution is 0.227. The molecule has 2 aromatic heterocycles. The van der Waals surface area contributed by atoms with E-state index in [9.17, 15) is 4.39 Å². The highest BCUT2D eigenvalue weighted by Gasteiger charge is 2.31. The van der Waals surface area contributed by atoms with Gasteiger partial charge in [0.1, 0.15) is 5.82 Å². The number of aryl methyl sites for hydroxylation is 1. The monoisotopic (exact) mass is 300 g/mol. The van der Waals surface area contributed by atoms with Crippen LogP contribution in [0.3, 0.4) is 0 Å². The van der Waals surface area contributed by atoms with Gasteiger partial charge in [-0.05, 0) is 42.5 Å². The van der Waals surface area contributed by atoms with E-state index < -0.39 is 0 Å². The van der Waals surface area contributed by atoms with E-state index in [4.69, 9.17) is 4.52 Å². The first-order chi connectivity index (χ1) is 10.7. The molecule has 0 saturated heterocycles. The zero-order chi connectivity index (χ0) is 15.3. The minimum Gasteiger partial charge on any atom is -0.337 e. The van der Waals surface area contributed by atoms with Gasteiger partial charge in [0.05, 0.1) is 11.2 Å². The van der Waals surface area contributed by atoms with Gasteiger partial charge in [0, 0.05) is 17.4 Å². The van der Waals surface area contributed by atoms with E-state index in [0.29, 0.717) is 29.2 Å². The van der Waals surface area contributed by atoms with Crippen LogP contribution >= 0.6 is 0 Å². The van der Waals surface area contributed by atoms with Crippen LogP contribution in [0.2, 0.25) is 0 Å². The smallest absolute Gasteiger partial charge is 0.291 e. The largest absolute Gasteiger partial charge is 0.337 e. The molecule has 3 aromatic rings. The summed E-state index contributed by atoms with van der Waals surface area (Å²) in [5.41, 5.74) is 1.57.